The van der Waals surface area contributed by atoms with E-state index in [0.717, 1.165) is 39.1 Å². The van der Waals surface area contributed by atoms with Crippen LogP contribution in [0.2, 0.25) is 0 Å². The molecular formula is C24H28N4O3. The summed E-state index contributed by atoms with van der Waals surface area (Å²) in [4.78, 5) is 28.7. The molecule has 7 heteroatoms. The highest BCUT2D eigenvalue weighted by Crippen LogP contribution is 2.12. The highest BCUT2D eigenvalue weighted by atomic mass is 16.5. The number of ether oxygens (including phenoxy) is 1. The summed E-state index contributed by atoms with van der Waals surface area (Å²) in [6.07, 6.45) is 0.998. The van der Waals surface area contributed by atoms with E-state index in [1.54, 1.807) is 31.2 Å². The van der Waals surface area contributed by atoms with Crippen molar-refractivity contribution in [1.29, 1.82) is 5.26 Å². The van der Waals surface area contributed by atoms with E-state index < -0.39 is 0 Å². The Kier molecular flexibility index (Phi) is 8.16. The predicted octanol–water partition coefficient (Wildman–Crippen LogP) is 2.88. The first-order valence-electron chi connectivity index (χ1n) is 10.6. The largest absolute Gasteiger partial charge is 0.462 e. The zero-order valence-corrected chi connectivity index (χ0v) is 17.8. The van der Waals surface area contributed by atoms with Crippen LogP contribution in [0.3, 0.4) is 0 Å². The molecule has 0 saturated carbocycles. The van der Waals surface area contributed by atoms with Gasteiger partial charge in [0.05, 0.1) is 30.3 Å². The van der Waals surface area contributed by atoms with Crippen molar-refractivity contribution in [3.63, 3.8) is 0 Å². The fourth-order valence-corrected chi connectivity index (χ4v) is 3.59. The van der Waals surface area contributed by atoms with E-state index in [1.807, 2.05) is 24.3 Å². The van der Waals surface area contributed by atoms with E-state index in [2.05, 4.69) is 21.2 Å². The van der Waals surface area contributed by atoms with Crippen molar-refractivity contribution in [2.75, 3.05) is 44.6 Å². The molecule has 0 aliphatic carbocycles. The molecule has 0 bridgehead atoms. The Labute approximate surface area is 183 Å². The summed E-state index contributed by atoms with van der Waals surface area (Å²) in [6, 6.07) is 16.6. The predicted molar refractivity (Wildman–Crippen MR) is 119 cm³/mol. The molecule has 2 aromatic rings. The second kappa shape index (κ2) is 11.3. The van der Waals surface area contributed by atoms with Gasteiger partial charge in [0.2, 0.25) is 5.91 Å². The first-order valence-corrected chi connectivity index (χ1v) is 10.6. The van der Waals surface area contributed by atoms with Crippen LogP contribution in [0.1, 0.15) is 34.8 Å². The quantitative estimate of drug-likeness (QED) is 0.694. The minimum absolute atomic E-state index is 0.0653. The lowest BCUT2D eigenvalue weighted by Crippen LogP contribution is -2.36. The van der Waals surface area contributed by atoms with Crippen molar-refractivity contribution in [2.24, 2.45) is 0 Å². The zero-order chi connectivity index (χ0) is 22.1. The average molecular weight is 421 g/mol. The number of carbonyl (C=O) groups is 2. The number of hydrogen-bond donors (Lipinski definition) is 1. The van der Waals surface area contributed by atoms with Crippen LogP contribution in [-0.4, -0.2) is 61.0 Å². The fourth-order valence-electron chi connectivity index (χ4n) is 3.59. The van der Waals surface area contributed by atoms with Crippen LogP contribution in [0.25, 0.3) is 0 Å². The SMILES string of the molecule is CCOC(=O)c1ccc(NC(=O)CN2CCCN(Cc3ccc(C#N)cc3)CC2)cc1. The van der Waals surface area contributed by atoms with Gasteiger partial charge in [-0.25, -0.2) is 4.79 Å². The molecule has 1 aliphatic rings. The van der Waals surface area contributed by atoms with Crippen molar-refractivity contribution in [3.8, 4) is 6.07 Å². The van der Waals surface area contributed by atoms with Crippen molar-refractivity contribution in [3.05, 3.63) is 65.2 Å². The fraction of sp³-hybridized carbons (Fsp3) is 0.375. The van der Waals surface area contributed by atoms with Gasteiger partial charge in [0.1, 0.15) is 0 Å². The summed E-state index contributed by atoms with van der Waals surface area (Å²) in [6.45, 7) is 6.85. The van der Waals surface area contributed by atoms with Crippen LogP contribution in [0, 0.1) is 11.3 Å². The van der Waals surface area contributed by atoms with E-state index in [4.69, 9.17) is 10.00 Å². The lowest BCUT2D eigenvalue weighted by molar-refractivity contribution is -0.117. The van der Waals surface area contributed by atoms with Crippen LogP contribution in [0.5, 0.6) is 0 Å². The van der Waals surface area contributed by atoms with E-state index in [-0.39, 0.29) is 11.9 Å². The second-order valence-corrected chi connectivity index (χ2v) is 7.56. The number of carbonyl (C=O) groups excluding carboxylic acids is 2. The van der Waals surface area contributed by atoms with Crippen molar-refractivity contribution in [1.82, 2.24) is 9.80 Å². The van der Waals surface area contributed by atoms with Crippen LogP contribution in [-0.2, 0) is 16.1 Å². The van der Waals surface area contributed by atoms with Crippen LogP contribution < -0.4 is 5.32 Å². The first kappa shape index (κ1) is 22.5. The van der Waals surface area contributed by atoms with Crippen LogP contribution >= 0.6 is 0 Å². The molecule has 0 atom stereocenters. The molecule has 1 aliphatic heterocycles. The third kappa shape index (κ3) is 6.92. The van der Waals surface area contributed by atoms with Gasteiger partial charge in [-0.15, -0.1) is 0 Å². The molecule has 7 nitrogen and oxygen atoms in total. The summed E-state index contributed by atoms with van der Waals surface area (Å²) >= 11 is 0. The smallest absolute Gasteiger partial charge is 0.338 e. The Morgan fingerprint density at radius 1 is 1.00 bits per heavy atom. The summed E-state index contributed by atoms with van der Waals surface area (Å²) in [5.41, 5.74) is 2.99. The molecule has 0 spiro atoms. The van der Waals surface area contributed by atoms with Gasteiger partial charge in [-0.3, -0.25) is 14.6 Å². The molecule has 1 heterocycles. The molecule has 3 rings (SSSR count). The number of nitriles is 1. The zero-order valence-electron chi connectivity index (χ0n) is 17.8. The molecule has 1 amide bonds. The van der Waals surface area contributed by atoms with E-state index in [1.165, 1.54) is 5.56 Å². The number of esters is 1. The molecule has 1 fully saturated rings. The number of nitrogens with zero attached hydrogens (tertiary/aromatic N) is 3. The molecular weight excluding hydrogens is 392 g/mol. The lowest BCUT2D eigenvalue weighted by atomic mass is 10.1. The monoisotopic (exact) mass is 420 g/mol. The van der Waals surface area contributed by atoms with Crippen molar-refractivity contribution < 1.29 is 14.3 Å². The highest BCUT2D eigenvalue weighted by Gasteiger charge is 2.17. The van der Waals surface area contributed by atoms with Gasteiger partial charge in [0, 0.05) is 25.3 Å². The maximum Gasteiger partial charge on any atom is 0.338 e. The van der Waals surface area contributed by atoms with E-state index >= 15 is 0 Å². The minimum Gasteiger partial charge on any atom is -0.462 e. The van der Waals surface area contributed by atoms with Gasteiger partial charge in [-0.2, -0.15) is 5.26 Å². The third-order valence-corrected chi connectivity index (χ3v) is 5.22. The standard InChI is InChI=1S/C24H28N4O3/c1-2-31-24(30)21-8-10-22(11-9-21)26-23(29)18-28-13-3-12-27(14-15-28)17-20-6-4-19(16-25)5-7-20/h4-11H,2-3,12-15,17-18H2,1H3,(H,26,29). The normalized spacial score (nSPS) is 15.0. The maximum absolute atomic E-state index is 12.5. The lowest BCUT2D eigenvalue weighted by Gasteiger charge is -2.21. The number of amides is 1. The molecule has 162 valence electrons. The van der Waals surface area contributed by atoms with E-state index in [9.17, 15) is 9.59 Å². The topological polar surface area (TPSA) is 85.7 Å². The third-order valence-electron chi connectivity index (χ3n) is 5.22. The Morgan fingerprint density at radius 2 is 1.68 bits per heavy atom. The number of hydrogen-bond acceptors (Lipinski definition) is 6. The molecule has 0 radical (unpaired) electrons. The second-order valence-electron chi connectivity index (χ2n) is 7.56. The van der Waals surface area contributed by atoms with Crippen molar-refractivity contribution in [2.45, 2.75) is 19.9 Å². The van der Waals surface area contributed by atoms with Gasteiger partial charge >= 0.3 is 5.97 Å². The Morgan fingerprint density at radius 3 is 2.35 bits per heavy atom. The van der Waals surface area contributed by atoms with Gasteiger partial charge in [0.25, 0.3) is 0 Å². The number of anilines is 1. The average Bonchev–Trinajstić information content (AvgIpc) is 3.00. The summed E-state index contributed by atoms with van der Waals surface area (Å²) < 4.78 is 4.97. The molecule has 31 heavy (non-hydrogen) atoms. The molecule has 0 aromatic heterocycles. The Balaban J connectivity index is 1.45. The van der Waals surface area contributed by atoms with E-state index in [0.29, 0.717) is 30.0 Å². The van der Waals surface area contributed by atoms with Crippen LogP contribution in [0.15, 0.2) is 48.5 Å². The van der Waals surface area contributed by atoms with Crippen molar-refractivity contribution >= 4 is 17.6 Å². The molecule has 1 saturated heterocycles. The summed E-state index contributed by atoms with van der Waals surface area (Å²) in [5, 5.41) is 11.8. The Bertz CT molecular complexity index is 919. The highest BCUT2D eigenvalue weighted by molar-refractivity contribution is 5.94. The minimum atomic E-state index is -0.365. The molecule has 2 aromatic carbocycles. The maximum atomic E-state index is 12.5. The Hall–Kier alpha value is -3.21. The summed E-state index contributed by atoms with van der Waals surface area (Å²) in [7, 11) is 0. The van der Waals surface area contributed by atoms with Gasteiger partial charge in [0.15, 0.2) is 0 Å². The first-order chi connectivity index (χ1) is 15.1. The number of benzene rings is 2. The molecule has 0 unspecified atom stereocenters. The number of nitrogens with one attached hydrogen (secondary N) is 1. The number of rotatable bonds is 7. The van der Waals surface area contributed by atoms with Gasteiger partial charge < -0.3 is 10.1 Å². The van der Waals surface area contributed by atoms with Gasteiger partial charge in [-0.05, 0) is 68.4 Å². The summed E-state index contributed by atoms with van der Waals surface area (Å²) in [5.74, 6) is -0.431. The van der Waals surface area contributed by atoms with Crippen LogP contribution in [0.4, 0.5) is 5.69 Å². The van der Waals surface area contributed by atoms with Gasteiger partial charge in [-0.1, -0.05) is 12.1 Å². The molecule has 1 N–H and O–H groups in total.